The molecule has 0 aromatic carbocycles. The molecule has 0 N–H and O–H groups in total. The molecule has 14 heavy (non-hydrogen) atoms. The van der Waals surface area contributed by atoms with Crippen LogP contribution < -0.4 is 0 Å². The third kappa shape index (κ3) is 1.66. The van der Waals surface area contributed by atoms with Crippen LogP contribution in [0, 0.1) is 0 Å². The fourth-order valence-electron chi connectivity index (χ4n) is 1.58. The van der Waals surface area contributed by atoms with Gasteiger partial charge in [-0.2, -0.15) is 0 Å². The third-order valence-corrected chi connectivity index (χ3v) is 2.41. The average Bonchev–Trinajstić information content (AvgIpc) is 2.76. The summed E-state index contributed by atoms with van der Waals surface area (Å²) in [6.07, 6.45) is 10.5. The minimum Gasteiger partial charge on any atom is -0.275 e. The van der Waals surface area contributed by atoms with Crippen LogP contribution in [0.5, 0.6) is 0 Å². The molecule has 3 heteroatoms. The largest absolute Gasteiger partial charge is 0.275 e. The predicted octanol–water partition coefficient (Wildman–Crippen LogP) is 1.19. The zero-order chi connectivity index (χ0) is 9.97. The number of nitrogens with zero attached hydrogens (tertiary/aromatic N) is 1. The molecule has 2 aliphatic rings. The zero-order valence-electron chi connectivity index (χ0n) is 7.77. The number of carbonyl (C=O) groups excluding carboxylic acids is 2. The molecule has 72 valence electrons. The monoisotopic (exact) mass is 189 g/mol. The van der Waals surface area contributed by atoms with Crippen LogP contribution in [-0.2, 0) is 9.59 Å². The van der Waals surface area contributed by atoms with Crippen LogP contribution >= 0.6 is 0 Å². The van der Waals surface area contributed by atoms with Crippen molar-refractivity contribution in [1.82, 2.24) is 4.90 Å². The lowest BCUT2D eigenvalue weighted by atomic mass is 10.1. The average molecular weight is 189 g/mol. The first-order valence-corrected chi connectivity index (χ1v) is 4.65. The number of allylic oxidation sites excluding steroid dienone is 3. The minimum atomic E-state index is -0.193. The highest BCUT2D eigenvalue weighted by Gasteiger charge is 2.22. The first-order chi connectivity index (χ1) is 6.77. The number of hydrogen-bond acceptors (Lipinski definition) is 2. The van der Waals surface area contributed by atoms with E-state index in [1.54, 1.807) is 0 Å². The maximum Gasteiger partial charge on any atom is 0.253 e. The van der Waals surface area contributed by atoms with Crippen LogP contribution in [0.3, 0.4) is 0 Å². The molecule has 0 bridgehead atoms. The summed E-state index contributed by atoms with van der Waals surface area (Å²) in [5, 5.41) is 0. The second-order valence-corrected chi connectivity index (χ2v) is 3.37. The van der Waals surface area contributed by atoms with E-state index in [0.717, 1.165) is 12.8 Å². The van der Waals surface area contributed by atoms with Crippen LogP contribution in [-0.4, -0.2) is 23.3 Å². The van der Waals surface area contributed by atoms with Crippen molar-refractivity contribution >= 4 is 11.8 Å². The topological polar surface area (TPSA) is 37.4 Å². The van der Waals surface area contributed by atoms with Gasteiger partial charge in [0, 0.05) is 18.7 Å². The van der Waals surface area contributed by atoms with E-state index in [1.807, 2.05) is 12.2 Å². The Labute approximate surface area is 82.4 Å². The van der Waals surface area contributed by atoms with Crippen LogP contribution in [0.15, 0.2) is 36.0 Å². The Balaban J connectivity index is 1.86. The van der Waals surface area contributed by atoms with E-state index in [-0.39, 0.29) is 11.8 Å². The van der Waals surface area contributed by atoms with Crippen LogP contribution in [0.4, 0.5) is 0 Å². The summed E-state index contributed by atoms with van der Waals surface area (Å²) in [6.45, 7) is 0.498. The van der Waals surface area contributed by atoms with Gasteiger partial charge in [-0.3, -0.25) is 14.5 Å². The summed E-state index contributed by atoms with van der Waals surface area (Å²) >= 11 is 0. The Morgan fingerprint density at radius 1 is 1.21 bits per heavy atom. The molecule has 1 aliphatic carbocycles. The number of amides is 2. The first kappa shape index (κ1) is 8.94. The second-order valence-electron chi connectivity index (χ2n) is 3.37. The van der Waals surface area contributed by atoms with E-state index >= 15 is 0 Å². The van der Waals surface area contributed by atoms with E-state index in [1.165, 1.54) is 22.6 Å². The van der Waals surface area contributed by atoms with Gasteiger partial charge in [0.05, 0.1) is 0 Å². The fraction of sp³-hybridized carbons (Fsp3) is 0.273. The van der Waals surface area contributed by atoms with Gasteiger partial charge in [-0.1, -0.05) is 23.8 Å². The normalized spacial score (nSPS) is 19.7. The smallest absolute Gasteiger partial charge is 0.253 e. The van der Waals surface area contributed by atoms with Gasteiger partial charge >= 0.3 is 0 Å². The number of rotatable bonds is 3. The Hall–Kier alpha value is -1.64. The molecule has 0 aromatic heterocycles. The van der Waals surface area contributed by atoms with Crippen LogP contribution in [0.2, 0.25) is 0 Å². The van der Waals surface area contributed by atoms with Crippen molar-refractivity contribution in [2.24, 2.45) is 0 Å². The number of hydrogen-bond donors (Lipinski definition) is 0. The molecule has 2 amide bonds. The van der Waals surface area contributed by atoms with Crippen LogP contribution in [0.1, 0.15) is 12.8 Å². The molecule has 3 nitrogen and oxygen atoms in total. The van der Waals surface area contributed by atoms with Crippen molar-refractivity contribution in [2.45, 2.75) is 12.8 Å². The Morgan fingerprint density at radius 2 is 1.93 bits per heavy atom. The molecule has 2 rings (SSSR count). The maximum atomic E-state index is 11.2. The third-order valence-electron chi connectivity index (χ3n) is 2.41. The van der Waals surface area contributed by atoms with E-state index in [2.05, 4.69) is 6.08 Å². The zero-order valence-corrected chi connectivity index (χ0v) is 7.77. The van der Waals surface area contributed by atoms with Crippen molar-refractivity contribution in [3.63, 3.8) is 0 Å². The Morgan fingerprint density at radius 3 is 2.50 bits per heavy atom. The van der Waals surface area contributed by atoms with Crippen molar-refractivity contribution in [3.8, 4) is 0 Å². The van der Waals surface area contributed by atoms with Gasteiger partial charge in [0.2, 0.25) is 0 Å². The molecule has 0 saturated heterocycles. The highest BCUT2D eigenvalue weighted by atomic mass is 16.2. The quantitative estimate of drug-likeness (QED) is 0.625. The Kier molecular flexibility index (Phi) is 2.31. The minimum absolute atomic E-state index is 0.193. The summed E-state index contributed by atoms with van der Waals surface area (Å²) in [7, 11) is 0. The number of carbonyl (C=O) groups is 2. The summed E-state index contributed by atoms with van der Waals surface area (Å²) in [4.78, 5) is 23.6. The Bertz CT molecular complexity index is 345. The molecule has 0 fully saturated rings. The highest BCUT2D eigenvalue weighted by molar-refractivity contribution is 6.12. The van der Waals surface area contributed by atoms with E-state index in [0.29, 0.717) is 6.54 Å². The summed E-state index contributed by atoms with van der Waals surface area (Å²) in [5.41, 5.74) is 1.28. The van der Waals surface area contributed by atoms with Gasteiger partial charge in [-0.25, -0.2) is 0 Å². The maximum absolute atomic E-state index is 11.2. The van der Waals surface area contributed by atoms with E-state index in [4.69, 9.17) is 0 Å². The molecular weight excluding hydrogens is 178 g/mol. The second kappa shape index (κ2) is 3.62. The first-order valence-electron chi connectivity index (χ1n) is 4.65. The van der Waals surface area contributed by atoms with Gasteiger partial charge < -0.3 is 0 Å². The standard InChI is InChI=1S/C11H11NO2/c13-10-5-6-11(14)12(10)8-7-9-3-1-2-4-9/h1-3,5-6H,4,7-8H2. The van der Waals surface area contributed by atoms with Gasteiger partial charge in [0.25, 0.3) is 11.8 Å². The number of imide groups is 1. The molecule has 0 radical (unpaired) electrons. The molecule has 1 heterocycles. The highest BCUT2D eigenvalue weighted by Crippen LogP contribution is 2.16. The van der Waals surface area contributed by atoms with Gasteiger partial charge in [-0.05, 0) is 12.8 Å². The summed E-state index contributed by atoms with van der Waals surface area (Å²) < 4.78 is 0. The van der Waals surface area contributed by atoms with Crippen molar-refractivity contribution < 1.29 is 9.59 Å². The molecule has 1 aliphatic heterocycles. The summed E-state index contributed by atoms with van der Waals surface area (Å²) in [5.74, 6) is -0.386. The molecule has 0 unspecified atom stereocenters. The molecule has 0 spiro atoms. The lowest BCUT2D eigenvalue weighted by Gasteiger charge is -2.13. The lowest BCUT2D eigenvalue weighted by molar-refractivity contribution is -0.136. The van der Waals surface area contributed by atoms with Crippen LogP contribution in [0.25, 0.3) is 0 Å². The van der Waals surface area contributed by atoms with E-state index < -0.39 is 0 Å². The molecular formula is C11H11NO2. The molecule has 0 saturated carbocycles. The predicted molar refractivity (Wildman–Crippen MR) is 52.3 cm³/mol. The fourth-order valence-corrected chi connectivity index (χ4v) is 1.58. The lowest BCUT2D eigenvalue weighted by Crippen LogP contribution is -2.31. The van der Waals surface area contributed by atoms with Gasteiger partial charge in [0.15, 0.2) is 0 Å². The SMILES string of the molecule is O=C1C=CC(=O)N1CCC1=CC=CC1. The molecule has 0 atom stereocenters. The van der Waals surface area contributed by atoms with Gasteiger partial charge in [0.1, 0.15) is 0 Å². The van der Waals surface area contributed by atoms with Gasteiger partial charge in [-0.15, -0.1) is 0 Å². The molecule has 0 aromatic rings. The van der Waals surface area contributed by atoms with Crippen molar-refractivity contribution in [2.75, 3.05) is 6.54 Å². The van der Waals surface area contributed by atoms with Crippen molar-refractivity contribution in [3.05, 3.63) is 36.0 Å². The van der Waals surface area contributed by atoms with Crippen molar-refractivity contribution in [1.29, 1.82) is 0 Å². The van der Waals surface area contributed by atoms with E-state index in [9.17, 15) is 9.59 Å². The summed E-state index contributed by atoms with van der Waals surface area (Å²) in [6, 6.07) is 0.